The Labute approximate surface area is 100 Å². The molecule has 1 atom stereocenters. The SMILES string of the molecule is CCCCCC(C)NCC1(O)CCNCC1. The third-order valence-corrected chi connectivity index (χ3v) is 3.55. The molecular weight excluding hydrogens is 200 g/mol. The second-order valence-corrected chi connectivity index (χ2v) is 5.25. The molecule has 3 heteroatoms. The molecule has 0 radical (unpaired) electrons. The van der Waals surface area contributed by atoms with Crippen LogP contribution in [0, 0.1) is 0 Å². The summed E-state index contributed by atoms with van der Waals surface area (Å²) in [6.45, 7) is 7.10. The van der Waals surface area contributed by atoms with Crippen LogP contribution >= 0.6 is 0 Å². The fourth-order valence-corrected chi connectivity index (χ4v) is 2.24. The Morgan fingerprint density at radius 2 is 2.00 bits per heavy atom. The van der Waals surface area contributed by atoms with Gasteiger partial charge in [-0.15, -0.1) is 0 Å². The molecule has 1 rings (SSSR count). The van der Waals surface area contributed by atoms with Crippen LogP contribution in [0.3, 0.4) is 0 Å². The lowest BCUT2D eigenvalue weighted by Crippen LogP contribution is -2.50. The first-order valence-corrected chi connectivity index (χ1v) is 6.83. The number of hydrogen-bond donors (Lipinski definition) is 3. The quantitative estimate of drug-likeness (QED) is 0.581. The zero-order chi connectivity index (χ0) is 11.9. The van der Waals surface area contributed by atoms with Crippen LogP contribution in [0.2, 0.25) is 0 Å². The van der Waals surface area contributed by atoms with E-state index in [0.717, 1.165) is 32.5 Å². The number of aliphatic hydroxyl groups is 1. The first-order valence-electron chi connectivity index (χ1n) is 6.83. The fraction of sp³-hybridized carbons (Fsp3) is 1.00. The Hall–Kier alpha value is -0.120. The maximum absolute atomic E-state index is 10.3. The van der Waals surface area contributed by atoms with Crippen LogP contribution in [0.4, 0.5) is 0 Å². The summed E-state index contributed by atoms with van der Waals surface area (Å²) in [6, 6.07) is 0.533. The van der Waals surface area contributed by atoms with Crippen molar-refractivity contribution in [2.24, 2.45) is 0 Å². The molecule has 1 aliphatic heterocycles. The Morgan fingerprint density at radius 3 is 2.62 bits per heavy atom. The fourth-order valence-electron chi connectivity index (χ4n) is 2.24. The Morgan fingerprint density at radius 1 is 1.31 bits per heavy atom. The molecule has 16 heavy (non-hydrogen) atoms. The van der Waals surface area contributed by atoms with Gasteiger partial charge in [-0.1, -0.05) is 26.2 Å². The van der Waals surface area contributed by atoms with E-state index >= 15 is 0 Å². The molecule has 0 aromatic rings. The van der Waals surface area contributed by atoms with E-state index in [9.17, 15) is 5.11 Å². The largest absolute Gasteiger partial charge is 0.388 e. The van der Waals surface area contributed by atoms with Crippen molar-refractivity contribution in [3.63, 3.8) is 0 Å². The average molecular weight is 228 g/mol. The van der Waals surface area contributed by atoms with Gasteiger partial charge in [0.2, 0.25) is 0 Å². The molecule has 96 valence electrons. The van der Waals surface area contributed by atoms with Gasteiger partial charge in [0.25, 0.3) is 0 Å². The van der Waals surface area contributed by atoms with Crippen molar-refractivity contribution < 1.29 is 5.11 Å². The van der Waals surface area contributed by atoms with Crippen LogP contribution in [0.15, 0.2) is 0 Å². The third kappa shape index (κ3) is 5.28. The number of piperidine rings is 1. The highest BCUT2D eigenvalue weighted by molar-refractivity contribution is 4.86. The Kier molecular flexibility index (Phi) is 6.32. The summed E-state index contributed by atoms with van der Waals surface area (Å²) in [7, 11) is 0. The first kappa shape index (κ1) is 13.9. The van der Waals surface area contributed by atoms with Crippen LogP contribution in [-0.2, 0) is 0 Å². The van der Waals surface area contributed by atoms with E-state index in [-0.39, 0.29) is 0 Å². The van der Waals surface area contributed by atoms with E-state index in [4.69, 9.17) is 0 Å². The number of nitrogens with one attached hydrogen (secondary N) is 2. The van der Waals surface area contributed by atoms with Gasteiger partial charge in [-0.05, 0) is 39.3 Å². The Balaban J connectivity index is 2.12. The maximum Gasteiger partial charge on any atom is 0.0795 e. The summed E-state index contributed by atoms with van der Waals surface area (Å²) in [6.07, 6.45) is 6.87. The predicted octanol–water partition coefficient (Wildman–Crippen LogP) is 1.66. The molecule has 3 nitrogen and oxygen atoms in total. The number of rotatable bonds is 7. The monoisotopic (exact) mass is 228 g/mol. The molecule has 1 heterocycles. The van der Waals surface area contributed by atoms with E-state index in [1.807, 2.05) is 0 Å². The van der Waals surface area contributed by atoms with Gasteiger partial charge >= 0.3 is 0 Å². The minimum absolute atomic E-state index is 0.468. The summed E-state index contributed by atoms with van der Waals surface area (Å²) in [5.41, 5.74) is -0.468. The van der Waals surface area contributed by atoms with Gasteiger partial charge in [0.1, 0.15) is 0 Å². The summed E-state index contributed by atoms with van der Waals surface area (Å²) in [5.74, 6) is 0. The van der Waals surface area contributed by atoms with Crippen LogP contribution in [0.25, 0.3) is 0 Å². The minimum atomic E-state index is -0.468. The molecule has 1 aliphatic rings. The first-order chi connectivity index (χ1) is 7.66. The smallest absolute Gasteiger partial charge is 0.0795 e. The zero-order valence-electron chi connectivity index (χ0n) is 10.9. The number of unbranched alkanes of at least 4 members (excludes halogenated alkanes) is 2. The van der Waals surface area contributed by atoms with E-state index in [1.165, 1.54) is 25.7 Å². The van der Waals surface area contributed by atoms with E-state index in [2.05, 4.69) is 24.5 Å². The van der Waals surface area contributed by atoms with Crippen LogP contribution in [0.1, 0.15) is 52.4 Å². The highest BCUT2D eigenvalue weighted by Crippen LogP contribution is 2.17. The van der Waals surface area contributed by atoms with Gasteiger partial charge in [0, 0.05) is 12.6 Å². The Bertz CT molecular complexity index is 179. The second-order valence-electron chi connectivity index (χ2n) is 5.25. The molecule has 0 aliphatic carbocycles. The molecule has 3 N–H and O–H groups in total. The van der Waals surface area contributed by atoms with Crippen molar-refractivity contribution >= 4 is 0 Å². The van der Waals surface area contributed by atoms with Crippen molar-refractivity contribution in [3.05, 3.63) is 0 Å². The summed E-state index contributed by atoms with van der Waals surface area (Å²) >= 11 is 0. The third-order valence-electron chi connectivity index (χ3n) is 3.55. The van der Waals surface area contributed by atoms with Gasteiger partial charge in [-0.25, -0.2) is 0 Å². The molecule has 1 unspecified atom stereocenters. The highest BCUT2D eigenvalue weighted by atomic mass is 16.3. The van der Waals surface area contributed by atoms with E-state index in [1.54, 1.807) is 0 Å². The van der Waals surface area contributed by atoms with Gasteiger partial charge < -0.3 is 15.7 Å². The zero-order valence-corrected chi connectivity index (χ0v) is 10.9. The minimum Gasteiger partial charge on any atom is -0.388 e. The van der Waals surface area contributed by atoms with Crippen LogP contribution in [-0.4, -0.2) is 36.4 Å². The lowest BCUT2D eigenvalue weighted by atomic mass is 9.92. The average Bonchev–Trinajstić information content (AvgIpc) is 2.28. The molecule has 0 spiro atoms. The molecule has 0 bridgehead atoms. The van der Waals surface area contributed by atoms with Gasteiger partial charge in [0.05, 0.1) is 5.60 Å². The molecule has 1 saturated heterocycles. The summed E-state index contributed by atoms with van der Waals surface area (Å²) in [5, 5.41) is 17.0. The molecule has 0 amide bonds. The van der Waals surface area contributed by atoms with Crippen molar-refractivity contribution in [3.8, 4) is 0 Å². The van der Waals surface area contributed by atoms with Crippen molar-refractivity contribution in [2.75, 3.05) is 19.6 Å². The molecule has 0 aromatic carbocycles. The van der Waals surface area contributed by atoms with Crippen molar-refractivity contribution in [1.29, 1.82) is 0 Å². The second kappa shape index (κ2) is 7.25. The molecule has 1 fully saturated rings. The predicted molar refractivity (Wildman–Crippen MR) is 68.7 cm³/mol. The number of hydrogen-bond acceptors (Lipinski definition) is 3. The van der Waals surface area contributed by atoms with E-state index < -0.39 is 5.60 Å². The van der Waals surface area contributed by atoms with Crippen LogP contribution < -0.4 is 10.6 Å². The van der Waals surface area contributed by atoms with Gasteiger partial charge in [0.15, 0.2) is 0 Å². The van der Waals surface area contributed by atoms with Crippen molar-refractivity contribution in [2.45, 2.75) is 64.0 Å². The summed E-state index contributed by atoms with van der Waals surface area (Å²) < 4.78 is 0. The molecule has 0 saturated carbocycles. The van der Waals surface area contributed by atoms with Crippen molar-refractivity contribution in [1.82, 2.24) is 10.6 Å². The lowest BCUT2D eigenvalue weighted by Gasteiger charge is -2.33. The van der Waals surface area contributed by atoms with E-state index in [0.29, 0.717) is 6.04 Å². The van der Waals surface area contributed by atoms with Crippen LogP contribution in [0.5, 0.6) is 0 Å². The van der Waals surface area contributed by atoms with Gasteiger partial charge in [-0.3, -0.25) is 0 Å². The maximum atomic E-state index is 10.3. The molecular formula is C13H28N2O. The normalized spacial score (nSPS) is 21.9. The molecule has 0 aromatic heterocycles. The van der Waals surface area contributed by atoms with Gasteiger partial charge in [-0.2, -0.15) is 0 Å². The topological polar surface area (TPSA) is 44.3 Å². The summed E-state index contributed by atoms with van der Waals surface area (Å²) in [4.78, 5) is 0. The standard InChI is InChI=1S/C13H28N2O/c1-3-4-5-6-12(2)15-11-13(16)7-9-14-10-8-13/h12,14-16H,3-11H2,1-2H3. The highest BCUT2D eigenvalue weighted by Gasteiger charge is 2.28. The lowest BCUT2D eigenvalue weighted by molar-refractivity contribution is 0.00899.